The summed E-state index contributed by atoms with van der Waals surface area (Å²) in [6, 6.07) is 18.1. The summed E-state index contributed by atoms with van der Waals surface area (Å²) in [5.41, 5.74) is 3.33. The average molecular weight is 327 g/mol. The van der Waals surface area contributed by atoms with Crippen LogP contribution in [0, 0.1) is 5.92 Å². The molecule has 0 aliphatic carbocycles. The van der Waals surface area contributed by atoms with Crippen LogP contribution in [0.5, 0.6) is 0 Å². The minimum atomic E-state index is -0.286. The molecule has 0 heterocycles. The van der Waals surface area contributed by atoms with Crippen molar-refractivity contribution in [2.24, 2.45) is 5.92 Å². The van der Waals surface area contributed by atoms with Crippen molar-refractivity contribution in [1.82, 2.24) is 5.32 Å². The van der Waals surface area contributed by atoms with E-state index >= 15 is 0 Å². The second kappa shape index (κ2) is 8.21. The van der Waals surface area contributed by atoms with Gasteiger partial charge in [0.15, 0.2) is 0 Å². The van der Waals surface area contributed by atoms with Gasteiger partial charge in [0.05, 0.1) is 11.3 Å². The van der Waals surface area contributed by atoms with Gasteiger partial charge in [0, 0.05) is 0 Å². The van der Waals surface area contributed by atoms with Gasteiger partial charge in [-0.15, -0.1) is 12.6 Å². The summed E-state index contributed by atoms with van der Waals surface area (Å²) in [4.78, 5) is 12.4. The SMILES string of the molecule is CC(C)Cc1ccc(C(C)C(=O)NC(S)c2ccccc2)cc1. The second-order valence-electron chi connectivity index (χ2n) is 6.38. The molecule has 0 aliphatic heterocycles. The van der Waals surface area contributed by atoms with Crippen LogP contribution in [0.1, 0.15) is 48.8 Å². The van der Waals surface area contributed by atoms with E-state index in [1.165, 1.54) is 5.56 Å². The summed E-state index contributed by atoms with van der Waals surface area (Å²) >= 11 is 4.49. The van der Waals surface area contributed by atoms with Crippen molar-refractivity contribution in [2.45, 2.75) is 38.5 Å². The minimum absolute atomic E-state index is 0.00883. The van der Waals surface area contributed by atoms with E-state index in [1.54, 1.807) is 0 Å². The Labute approximate surface area is 144 Å². The number of nitrogens with one attached hydrogen (secondary N) is 1. The van der Waals surface area contributed by atoms with E-state index in [-0.39, 0.29) is 17.2 Å². The summed E-state index contributed by atoms with van der Waals surface area (Å²) in [5, 5.41) is 2.68. The maximum Gasteiger partial charge on any atom is 0.228 e. The van der Waals surface area contributed by atoms with Crippen LogP contribution in [0.4, 0.5) is 0 Å². The molecule has 0 aromatic heterocycles. The Morgan fingerprint density at radius 1 is 0.957 bits per heavy atom. The van der Waals surface area contributed by atoms with Gasteiger partial charge in [0.25, 0.3) is 0 Å². The summed E-state index contributed by atoms with van der Waals surface area (Å²) in [7, 11) is 0. The van der Waals surface area contributed by atoms with Gasteiger partial charge in [-0.05, 0) is 36.0 Å². The van der Waals surface area contributed by atoms with Crippen LogP contribution in [-0.2, 0) is 11.2 Å². The Morgan fingerprint density at radius 2 is 1.57 bits per heavy atom. The molecule has 2 aromatic rings. The van der Waals surface area contributed by atoms with E-state index in [0.29, 0.717) is 5.92 Å². The molecular formula is C20H25NOS. The summed E-state index contributed by atoms with van der Waals surface area (Å²) in [6.45, 7) is 6.35. The fourth-order valence-corrected chi connectivity index (χ4v) is 2.84. The van der Waals surface area contributed by atoms with Crippen LogP contribution in [-0.4, -0.2) is 5.91 Å². The van der Waals surface area contributed by atoms with Gasteiger partial charge in [-0.2, -0.15) is 0 Å². The molecule has 23 heavy (non-hydrogen) atoms. The largest absolute Gasteiger partial charge is 0.340 e. The number of carbonyl (C=O) groups excluding carboxylic acids is 1. The van der Waals surface area contributed by atoms with Gasteiger partial charge in [-0.3, -0.25) is 4.79 Å². The van der Waals surface area contributed by atoms with Gasteiger partial charge < -0.3 is 5.32 Å². The van der Waals surface area contributed by atoms with Crippen molar-refractivity contribution in [1.29, 1.82) is 0 Å². The highest BCUT2D eigenvalue weighted by atomic mass is 32.1. The van der Waals surface area contributed by atoms with Crippen LogP contribution in [0.25, 0.3) is 0 Å². The van der Waals surface area contributed by atoms with E-state index < -0.39 is 0 Å². The summed E-state index contributed by atoms with van der Waals surface area (Å²) < 4.78 is 0. The summed E-state index contributed by atoms with van der Waals surface area (Å²) in [5.74, 6) is 0.435. The van der Waals surface area contributed by atoms with Gasteiger partial charge in [0.1, 0.15) is 0 Å². The fraction of sp³-hybridized carbons (Fsp3) is 0.350. The molecule has 2 unspecified atom stereocenters. The molecule has 2 atom stereocenters. The number of amides is 1. The Bertz CT molecular complexity index is 622. The van der Waals surface area contributed by atoms with E-state index in [9.17, 15) is 4.79 Å². The molecular weight excluding hydrogens is 302 g/mol. The lowest BCUT2D eigenvalue weighted by molar-refractivity contribution is -0.122. The number of carbonyl (C=O) groups is 1. The van der Waals surface area contributed by atoms with Gasteiger partial charge in [-0.25, -0.2) is 0 Å². The number of rotatable bonds is 6. The van der Waals surface area contributed by atoms with Crippen molar-refractivity contribution in [3.63, 3.8) is 0 Å². The van der Waals surface area contributed by atoms with Gasteiger partial charge in [-0.1, -0.05) is 68.4 Å². The maximum absolute atomic E-state index is 12.4. The topological polar surface area (TPSA) is 29.1 Å². The third kappa shape index (κ3) is 5.14. The van der Waals surface area contributed by atoms with E-state index in [1.807, 2.05) is 37.3 Å². The molecule has 0 spiro atoms. The quantitative estimate of drug-likeness (QED) is 0.583. The molecule has 2 nitrogen and oxygen atoms in total. The normalized spacial score (nSPS) is 13.6. The third-order valence-electron chi connectivity index (χ3n) is 3.91. The lowest BCUT2D eigenvalue weighted by Crippen LogP contribution is -2.29. The van der Waals surface area contributed by atoms with Crippen molar-refractivity contribution in [2.75, 3.05) is 0 Å². The number of hydrogen-bond donors (Lipinski definition) is 2. The zero-order chi connectivity index (χ0) is 16.8. The molecule has 1 amide bonds. The second-order valence-corrected chi connectivity index (χ2v) is 6.90. The first-order valence-corrected chi connectivity index (χ1v) is 8.61. The molecule has 0 saturated heterocycles. The van der Waals surface area contributed by atoms with Gasteiger partial charge >= 0.3 is 0 Å². The molecule has 0 radical (unpaired) electrons. The molecule has 3 heteroatoms. The Balaban J connectivity index is 1.99. The average Bonchev–Trinajstić information content (AvgIpc) is 2.55. The molecule has 0 fully saturated rings. The van der Waals surface area contributed by atoms with Crippen molar-refractivity contribution in [3.8, 4) is 0 Å². The first-order valence-electron chi connectivity index (χ1n) is 8.09. The molecule has 0 bridgehead atoms. The Kier molecular flexibility index (Phi) is 6.28. The highest BCUT2D eigenvalue weighted by Gasteiger charge is 2.18. The first kappa shape index (κ1) is 17.6. The van der Waals surface area contributed by atoms with Gasteiger partial charge in [0.2, 0.25) is 5.91 Å². The number of hydrogen-bond acceptors (Lipinski definition) is 2. The van der Waals surface area contributed by atoms with E-state index in [2.05, 4.69) is 56.1 Å². The first-order chi connectivity index (χ1) is 11.0. The predicted octanol–water partition coefficient (Wildman–Crippen LogP) is 4.73. The molecule has 1 N–H and O–H groups in total. The third-order valence-corrected chi connectivity index (χ3v) is 4.34. The van der Waals surface area contributed by atoms with Crippen molar-refractivity contribution in [3.05, 3.63) is 71.3 Å². The lowest BCUT2D eigenvalue weighted by atomic mass is 9.96. The maximum atomic E-state index is 12.4. The molecule has 2 rings (SSSR count). The highest BCUT2D eigenvalue weighted by Crippen LogP contribution is 2.21. The van der Waals surface area contributed by atoms with Crippen LogP contribution >= 0.6 is 12.6 Å². The van der Waals surface area contributed by atoms with E-state index in [4.69, 9.17) is 0 Å². The minimum Gasteiger partial charge on any atom is -0.340 e. The van der Waals surface area contributed by atoms with Crippen LogP contribution in [0.3, 0.4) is 0 Å². The van der Waals surface area contributed by atoms with Crippen LogP contribution < -0.4 is 5.32 Å². The fourth-order valence-electron chi connectivity index (χ4n) is 2.54. The smallest absolute Gasteiger partial charge is 0.228 e. The molecule has 0 aliphatic rings. The Hall–Kier alpha value is -1.74. The van der Waals surface area contributed by atoms with Crippen LogP contribution in [0.15, 0.2) is 54.6 Å². The zero-order valence-corrected chi connectivity index (χ0v) is 14.9. The predicted molar refractivity (Wildman–Crippen MR) is 99.7 cm³/mol. The van der Waals surface area contributed by atoms with Crippen LogP contribution in [0.2, 0.25) is 0 Å². The van der Waals surface area contributed by atoms with Crippen molar-refractivity contribution >= 4 is 18.5 Å². The molecule has 122 valence electrons. The standard InChI is InChI=1S/C20H25NOS/c1-14(2)13-16-9-11-17(12-10-16)15(3)19(22)21-20(23)18-7-5-4-6-8-18/h4-12,14-15,20,23H,13H2,1-3H3,(H,21,22). The highest BCUT2D eigenvalue weighted by molar-refractivity contribution is 7.80. The molecule has 2 aromatic carbocycles. The number of thiol groups is 1. The lowest BCUT2D eigenvalue weighted by Gasteiger charge is -2.18. The monoisotopic (exact) mass is 327 g/mol. The zero-order valence-electron chi connectivity index (χ0n) is 14.0. The van der Waals surface area contributed by atoms with E-state index in [0.717, 1.165) is 17.5 Å². The van der Waals surface area contributed by atoms with Crippen molar-refractivity contribution < 1.29 is 4.79 Å². The number of benzene rings is 2. The molecule has 0 saturated carbocycles. The Morgan fingerprint density at radius 3 is 2.13 bits per heavy atom. The summed E-state index contributed by atoms with van der Waals surface area (Å²) in [6.07, 6.45) is 1.06.